The van der Waals surface area contributed by atoms with Crippen molar-refractivity contribution in [3.8, 4) is 0 Å². The van der Waals surface area contributed by atoms with Crippen LogP contribution in [0.5, 0.6) is 0 Å². The molecule has 3 aliphatic heterocycles. The number of halogens is 3. The molecule has 0 bridgehead atoms. The SMILES string of the molecule is CNc1ncc2c(n1)N1CCN=C1C(c1cc(NC(=O)C3CCN(C)C(C(F)(F)F)C3)ccc1C)=C2. The molecule has 0 radical (unpaired) electrons. The fourth-order valence-electron chi connectivity index (χ4n) is 5.06. The molecule has 5 rings (SSSR count). The van der Waals surface area contributed by atoms with Crippen molar-refractivity contribution in [1.82, 2.24) is 14.9 Å². The maximum absolute atomic E-state index is 13.4. The van der Waals surface area contributed by atoms with Crippen LogP contribution in [0.15, 0.2) is 29.4 Å². The topological polar surface area (TPSA) is 85.7 Å². The lowest BCUT2D eigenvalue weighted by atomic mass is 9.89. The molecule has 190 valence electrons. The van der Waals surface area contributed by atoms with E-state index in [0.29, 0.717) is 31.1 Å². The minimum atomic E-state index is -4.36. The number of amides is 1. The minimum Gasteiger partial charge on any atom is -0.357 e. The Labute approximate surface area is 207 Å². The van der Waals surface area contributed by atoms with E-state index in [2.05, 4.69) is 25.5 Å². The second kappa shape index (κ2) is 9.20. The van der Waals surface area contributed by atoms with E-state index in [1.54, 1.807) is 19.3 Å². The molecule has 1 saturated heterocycles. The number of fused-ring (bicyclic) bond motifs is 3. The van der Waals surface area contributed by atoms with Crippen molar-refractivity contribution in [3.05, 3.63) is 41.1 Å². The van der Waals surface area contributed by atoms with Gasteiger partial charge in [-0.05, 0) is 62.7 Å². The highest BCUT2D eigenvalue weighted by Gasteiger charge is 2.46. The van der Waals surface area contributed by atoms with Crippen molar-refractivity contribution >= 4 is 40.8 Å². The van der Waals surface area contributed by atoms with Crippen LogP contribution in [0.1, 0.15) is 29.5 Å². The smallest absolute Gasteiger partial charge is 0.357 e. The van der Waals surface area contributed by atoms with Crippen molar-refractivity contribution in [1.29, 1.82) is 0 Å². The van der Waals surface area contributed by atoms with Gasteiger partial charge in [-0.3, -0.25) is 14.7 Å². The first-order valence-electron chi connectivity index (χ1n) is 11.9. The molecule has 1 aromatic carbocycles. The van der Waals surface area contributed by atoms with Crippen LogP contribution in [0.2, 0.25) is 0 Å². The molecule has 1 amide bonds. The van der Waals surface area contributed by atoms with Gasteiger partial charge in [0.15, 0.2) is 0 Å². The normalized spacial score (nSPS) is 21.9. The third-order valence-corrected chi connectivity index (χ3v) is 7.07. The maximum Gasteiger partial charge on any atom is 0.404 e. The number of rotatable bonds is 4. The molecule has 2 atom stereocenters. The van der Waals surface area contributed by atoms with E-state index < -0.39 is 18.1 Å². The lowest BCUT2D eigenvalue weighted by molar-refractivity contribution is -0.191. The molecule has 1 fully saturated rings. The van der Waals surface area contributed by atoms with Crippen molar-refractivity contribution in [2.45, 2.75) is 32.0 Å². The van der Waals surface area contributed by atoms with E-state index in [0.717, 1.165) is 33.9 Å². The fourth-order valence-corrected chi connectivity index (χ4v) is 5.06. The van der Waals surface area contributed by atoms with Crippen molar-refractivity contribution in [3.63, 3.8) is 0 Å². The quantitative estimate of drug-likeness (QED) is 0.666. The summed E-state index contributed by atoms with van der Waals surface area (Å²) < 4.78 is 40.2. The molecule has 2 N–H and O–H groups in total. The summed E-state index contributed by atoms with van der Waals surface area (Å²) >= 11 is 0. The molecular weight excluding hydrogens is 471 g/mol. The summed E-state index contributed by atoms with van der Waals surface area (Å²) in [7, 11) is 3.22. The predicted octanol–water partition coefficient (Wildman–Crippen LogP) is 3.81. The molecule has 1 aromatic heterocycles. The highest BCUT2D eigenvalue weighted by atomic mass is 19.4. The average Bonchev–Trinajstić information content (AvgIpc) is 3.34. The van der Waals surface area contributed by atoms with Crippen LogP contribution in [0.4, 0.5) is 30.6 Å². The lowest BCUT2D eigenvalue weighted by Crippen LogP contribution is -2.50. The highest BCUT2D eigenvalue weighted by molar-refractivity contribution is 6.36. The number of benzene rings is 1. The molecule has 2 aromatic rings. The van der Waals surface area contributed by atoms with Crippen molar-refractivity contribution < 1.29 is 18.0 Å². The molecule has 0 saturated carbocycles. The third-order valence-electron chi connectivity index (χ3n) is 7.07. The second-order valence-electron chi connectivity index (χ2n) is 9.42. The molecule has 0 spiro atoms. The number of hydrogen-bond donors (Lipinski definition) is 2. The van der Waals surface area contributed by atoms with Gasteiger partial charge in [0.1, 0.15) is 17.7 Å². The summed E-state index contributed by atoms with van der Waals surface area (Å²) in [6.07, 6.45) is -0.460. The molecule has 11 heteroatoms. The average molecular weight is 500 g/mol. The van der Waals surface area contributed by atoms with Gasteiger partial charge < -0.3 is 15.5 Å². The van der Waals surface area contributed by atoms with Gasteiger partial charge in [-0.15, -0.1) is 0 Å². The monoisotopic (exact) mass is 499 g/mol. The summed E-state index contributed by atoms with van der Waals surface area (Å²) in [5.74, 6) is 1.03. The van der Waals surface area contributed by atoms with Crippen LogP contribution in [-0.2, 0) is 4.79 Å². The van der Waals surface area contributed by atoms with Crippen molar-refractivity contribution in [2.75, 3.05) is 49.3 Å². The zero-order valence-electron chi connectivity index (χ0n) is 20.4. The van der Waals surface area contributed by atoms with Crippen molar-refractivity contribution in [2.24, 2.45) is 10.9 Å². The number of nitrogens with zero attached hydrogens (tertiary/aromatic N) is 5. The van der Waals surface area contributed by atoms with Gasteiger partial charge in [0.05, 0.1) is 6.54 Å². The number of nitrogens with one attached hydrogen (secondary N) is 2. The van der Waals surface area contributed by atoms with Gasteiger partial charge in [-0.1, -0.05) is 6.07 Å². The molecular formula is C25H28F3N7O. The second-order valence-corrected chi connectivity index (χ2v) is 9.42. The Morgan fingerprint density at radius 1 is 1.22 bits per heavy atom. The van der Waals surface area contributed by atoms with Gasteiger partial charge in [0.25, 0.3) is 0 Å². The zero-order valence-corrected chi connectivity index (χ0v) is 20.4. The number of aromatic nitrogens is 2. The molecule has 8 nitrogen and oxygen atoms in total. The number of anilines is 3. The minimum absolute atomic E-state index is 0.223. The summed E-state index contributed by atoms with van der Waals surface area (Å²) in [6, 6.07) is 3.93. The Morgan fingerprint density at radius 3 is 2.78 bits per heavy atom. The Hall–Kier alpha value is -3.47. The number of aryl methyl sites for hydroxylation is 1. The first-order chi connectivity index (χ1) is 17.2. The first kappa shape index (κ1) is 24.2. The molecule has 2 unspecified atom stereocenters. The standard InChI is InChI=1S/C25H28F3N7O/c1-14-4-5-17(32-23(36)15-6-8-34(3)20(11-15)25(26,27)28)12-18(14)19-10-16-13-31-24(29-2)33-21(16)35-9-7-30-22(19)35/h4-5,10,12-13,15,20H,6-9,11H2,1-3H3,(H,32,36)(H,29,31,33). The summed E-state index contributed by atoms with van der Waals surface area (Å²) in [5.41, 5.74) is 4.18. The Kier molecular flexibility index (Phi) is 6.19. The van der Waals surface area contributed by atoms with E-state index >= 15 is 0 Å². The Morgan fingerprint density at radius 2 is 2.03 bits per heavy atom. The highest BCUT2D eigenvalue weighted by Crippen LogP contribution is 2.38. The van der Waals surface area contributed by atoms with Crippen LogP contribution >= 0.6 is 0 Å². The first-order valence-corrected chi connectivity index (χ1v) is 11.9. The predicted molar refractivity (Wildman–Crippen MR) is 134 cm³/mol. The molecule has 3 aliphatic rings. The Balaban J connectivity index is 1.42. The van der Waals surface area contributed by atoms with Gasteiger partial charge in [-0.2, -0.15) is 18.2 Å². The van der Waals surface area contributed by atoms with Gasteiger partial charge in [0.2, 0.25) is 11.9 Å². The van der Waals surface area contributed by atoms with E-state index in [-0.39, 0.29) is 18.9 Å². The van der Waals surface area contributed by atoms with E-state index in [4.69, 9.17) is 4.99 Å². The lowest BCUT2D eigenvalue weighted by Gasteiger charge is -2.37. The zero-order chi connectivity index (χ0) is 25.6. The van der Waals surface area contributed by atoms with Gasteiger partial charge in [-0.25, -0.2) is 4.98 Å². The van der Waals surface area contributed by atoms with E-state index in [1.165, 1.54) is 11.9 Å². The van der Waals surface area contributed by atoms with Crippen LogP contribution in [0.25, 0.3) is 11.6 Å². The number of amidine groups is 1. The number of carbonyl (C=O) groups is 1. The maximum atomic E-state index is 13.4. The fraction of sp³-hybridized carbons (Fsp3) is 0.440. The van der Waals surface area contributed by atoms with Crippen LogP contribution in [-0.4, -0.2) is 72.6 Å². The molecule has 0 aliphatic carbocycles. The summed E-state index contributed by atoms with van der Waals surface area (Å²) in [5, 5.41) is 5.82. The summed E-state index contributed by atoms with van der Waals surface area (Å²) in [4.78, 5) is 29.9. The molecule has 36 heavy (non-hydrogen) atoms. The van der Waals surface area contributed by atoms with E-state index in [1.807, 2.05) is 25.1 Å². The van der Waals surface area contributed by atoms with Crippen LogP contribution in [0.3, 0.4) is 0 Å². The summed E-state index contributed by atoms with van der Waals surface area (Å²) in [6.45, 7) is 3.53. The number of alkyl halides is 3. The number of hydrogen-bond acceptors (Lipinski definition) is 7. The van der Waals surface area contributed by atoms with Crippen LogP contribution < -0.4 is 15.5 Å². The number of piperidine rings is 1. The Bertz CT molecular complexity index is 1260. The number of carbonyl (C=O) groups excluding carboxylic acids is 1. The molecule has 4 heterocycles. The van der Waals surface area contributed by atoms with Gasteiger partial charge in [0, 0.05) is 42.5 Å². The van der Waals surface area contributed by atoms with Crippen LogP contribution in [0, 0.1) is 12.8 Å². The van der Waals surface area contributed by atoms with Gasteiger partial charge >= 0.3 is 6.18 Å². The van der Waals surface area contributed by atoms with E-state index in [9.17, 15) is 18.0 Å². The largest absolute Gasteiger partial charge is 0.404 e. The number of aliphatic imine (C=N–C) groups is 1. The third kappa shape index (κ3) is 4.43. The number of likely N-dealkylation sites (tertiary alicyclic amines) is 1.